The highest BCUT2D eigenvalue weighted by Gasteiger charge is 2.07. The van der Waals surface area contributed by atoms with Gasteiger partial charge in [-0.3, -0.25) is 4.79 Å². The molecule has 1 amide bonds. The Morgan fingerprint density at radius 1 is 1.39 bits per heavy atom. The van der Waals surface area contributed by atoms with Crippen LogP contribution in [0.25, 0.3) is 0 Å². The van der Waals surface area contributed by atoms with E-state index in [2.05, 4.69) is 33.4 Å². The summed E-state index contributed by atoms with van der Waals surface area (Å²) in [5.74, 6) is 1.03. The van der Waals surface area contributed by atoms with Crippen molar-refractivity contribution in [3.05, 3.63) is 28.7 Å². The normalized spacial score (nSPS) is 10.4. The van der Waals surface area contributed by atoms with Gasteiger partial charge in [0.25, 0.3) is 0 Å². The largest absolute Gasteiger partial charge is 0.344 e. The molecule has 0 aromatic heterocycles. The molecule has 0 aliphatic carbocycles. The molecule has 0 aliphatic rings. The third kappa shape index (κ3) is 5.89. The van der Waals surface area contributed by atoms with Gasteiger partial charge in [0.2, 0.25) is 5.91 Å². The zero-order valence-electron chi connectivity index (χ0n) is 10.8. The predicted molar refractivity (Wildman–Crippen MR) is 81.0 cm³/mol. The zero-order chi connectivity index (χ0) is 13.4. The lowest BCUT2D eigenvalue weighted by Crippen LogP contribution is -2.32. The van der Waals surface area contributed by atoms with E-state index in [0.717, 1.165) is 23.3 Å². The molecule has 0 radical (unpaired) electrons. The maximum Gasteiger partial charge on any atom is 0.223 e. The van der Waals surface area contributed by atoms with Crippen molar-refractivity contribution >= 4 is 33.6 Å². The summed E-state index contributed by atoms with van der Waals surface area (Å²) in [6.07, 6.45) is 0.584. The summed E-state index contributed by atoms with van der Waals surface area (Å²) in [6, 6.07) is 8.15. The van der Waals surface area contributed by atoms with Crippen molar-refractivity contribution in [2.75, 3.05) is 32.9 Å². The third-order valence-electron chi connectivity index (χ3n) is 2.52. The van der Waals surface area contributed by atoms with Crippen molar-refractivity contribution in [3.63, 3.8) is 0 Å². The molecule has 0 fully saturated rings. The third-order valence-corrected chi connectivity index (χ3v) is 4.06. The average molecular weight is 331 g/mol. The number of likely N-dealkylation sites (N-methyl/N-ethyl adjacent to an activating group) is 2. The van der Waals surface area contributed by atoms with Gasteiger partial charge in [-0.1, -0.05) is 15.9 Å². The predicted octanol–water partition coefficient (Wildman–Crippen LogP) is 2.61. The standard InChI is InChI=1S/C13H19BrN2OS/c1-15-8-9-16(2)13(17)7-10-18-12-5-3-11(14)4-6-12/h3-6,15H,7-10H2,1-2H3. The molecule has 1 aromatic carbocycles. The Hall–Kier alpha value is -0.520. The second-order valence-corrected chi connectivity index (χ2v) is 6.06. The Kier molecular flexibility index (Phi) is 7.39. The molecule has 1 aromatic rings. The molecular formula is C13H19BrN2OS. The van der Waals surface area contributed by atoms with E-state index < -0.39 is 0 Å². The van der Waals surface area contributed by atoms with Crippen molar-refractivity contribution in [1.82, 2.24) is 10.2 Å². The maximum atomic E-state index is 11.8. The second kappa shape index (κ2) is 8.56. The van der Waals surface area contributed by atoms with Gasteiger partial charge >= 0.3 is 0 Å². The van der Waals surface area contributed by atoms with Crippen LogP contribution >= 0.6 is 27.7 Å². The van der Waals surface area contributed by atoms with Crippen LogP contribution in [0.15, 0.2) is 33.6 Å². The molecule has 0 saturated carbocycles. The summed E-state index contributed by atoms with van der Waals surface area (Å²) >= 11 is 5.12. The topological polar surface area (TPSA) is 32.3 Å². The second-order valence-electron chi connectivity index (χ2n) is 3.97. The first-order chi connectivity index (χ1) is 8.63. The van der Waals surface area contributed by atoms with Gasteiger partial charge in [0, 0.05) is 41.7 Å². The molecule has 0 heterocycles. The van der Waals surface area contributed by atoms with Crippen molar-refractivity contribution in [2.24, 2.45) is 0 Å². The number of nitrogens with one attached hydrogen (secondary N) is 1. The monoisotopic (exact) mass is 330 g/mol. The van der Waals surface area contributed by atoms with Gasteiger partial charge in [-0.25, -0.2) is 0 Å². The van der Waals surface area contributed by atoms with Crippen LogP contribution in [0, 0.1) is 0 Å². The highest BCUT2D eigenvalue weighted by molar-refractivity contribution is 9.10. The number of benzene rings is 1. The van der Waals surface area contributed by atoms with Crippen LogP contribution in [0.1, 0.15) is 6.42 Å². The van der Waals surface area contributed by atoms with Gasteiger partial charge in [-0.2, -0.15) is 0 Å². The number of thioether (sulfide) groups is 1. The summed E-state index contributed by atoms with van der Waals surface area (Å²) in [5, 5.41) is 3.04. The summed E-state index contributed by atoms with van der Waals surface area (Å²) in [4.78, 5) is 14.7. The van der Waals surface area contributed by atoms with Crippen LogP contribution in [-0.2, 0) is 4.79 Å². The average Bonchev–Trinajstić information content (AvgIpc) is 2.38. The Labute approximate surface area is 121 Å². The minimum absolute atomic E-state index is 0.204. The molecule has 1 rings (SSSR count). The number of carbonyl (C=O) groups excluding carboxylic acids is 1. The van der Waals surface area contributed by atoms with Crippen LogP contribution in [0.3, 0.4) is 0 Å². The van der Waals surface area contributed by atoms with E-state index in [-0.39, 0.29) is 5.91 Å². The number of rotatable bonds is 7. The molecule has 0 aliphatic heterocycles. The van der Waals surface area contributed by atoms with Crippen LogP contribution in [0.5, 0.6) is 0 Å². The summed E-state index contributed by atoms with van der Waals surface area (Å²) in [5.41, 5.74) is 0. The molecule has 0 saturated heterocycles. The SMILES string of the molecule is CNCCN(C)C(=O)CCSc1ccc(Br)cc1. The molecule has 100 valence electrons. The van der Waals surface area contributed by atoms with Crippen molar-refractivity contribution < 1.29 is 4.79 Å². The zero-order valence-corrected chi connectivity index (χ0v) is 13.2. The number of nitrogens with zero attached hydrogens (tertiary/aromatic N) is 1. The Morgan fingerprint density at radius 2 is 2.06 bits per heavy atom. The van der Waals surface area contributed by atoms with Crippen molar-refractivity contribution in [3.8, 4) is 0 Å². The van der Waals surface area contributed by atoms with E-state index in [1.54, 1.807) is 16.7 Å². The van der Waals surface area contributed by atoms with E-state index in [1.807, 2.05) is 26.2 Å². The fraction of sp³-hybridized carbons (Fsp3) is 0.462. The maximum absolute atomic E-state index is 11.8. The molecule has 0 atom stereocenters. The van der Waals surface area contributed by atoms with Gasteiger partial charge in [-0.15, -0.1) is 11.8 Å². The molecular weight excluding hydrogens is 312 g/mol. The lowest BCUT2D eigenvalue weighted by molar-refractivity contribution is -0.129. The highest BCUT2D eigenvalue weighted by atomic mass is 79.9. The minimum Gasteiger partial charge on any atom is -0.344 e. The molecule has 3 nitrogen and oxygen atoms in total. The van der Waals surface area contributed by atoms with Gasteiger partial charge in [0.15, 0.2) is 0 Å². The minimum atomic E-state index is 0.204. The summed E-state index contributed by atoms with van der Waals surface area (Å²) in [7, 11) is 3.74. The Morgan fingerprint density at radius 3 is 2.67 bits per heavy atom. The molecule has 0 spiro atoms. The van der Waals surface area contributed by atoms with Crippen LogP contribution < -0.4 is 5.32 Å². The van der Waals surface area contributed by atoms with Crippen molar-refractivity contribution in [2.45, 2.75) is 11.3 Å². The quantitative estimate of drug-likeness (QED) is 0.780. The molecule has 0 unspecified atom stereocenters. The first-order valence-corrected chi connectivity index (χ1v) is 7.68. The Bertz CT molecular complexity index is 370. The molecule has 0 bridgehead atoms. The number of carbonyl (C=O) groups is 1. The van der Waals surface area contributed by atoms with E-state index in [9.17, 15) is 4.79 Å². The lowest BCUT2D eigenvalue weighted by Gasteiger charge is -2.16. The molecule has 5 heteroatoms. The van der Waals surface area contributed by atoms with Crippen LogP contribution in [0.2, 0.25) is 0 Å². The highest BCUT2D eigenvalue weighted by Crippen LogP contribution is 2.21. The van der Waals surface area contributed by atoms with E-state index in [1.165, 1.54) is 4.90 Å². The number of hydrogen-bond acceptors (Lipinski definition) is 3. The van der Waals surface area contributed by atoms with Crippen molar-refractivity contribution in [1.29, 1.82) is 0 Å². The number of amides is 1. The van der Waals surface area contributed by atoms with Crippen LogP contribution in [0.4, 0.5) is 0 Å². The fourth-order valence-corrected chi connectivity index (χ4v) is 2.49. The fourth-order valence-electron chi connectivity index (χ4n) is 1.38. The molecule has 1 N–H and O–H groups in total. The van der Waals surface area contributed by atoms with E-state index in [4.69, 9.17) is 0 Å². The first kappa shape index (κ1) is 15.5. The Balaban J connectivity index is 2.24. The van der Waals surface area contributed by atoms with Crippen LogP contribution in [-0.4, -0.2) is 43.7 Å². The van der Waals surface area contributed by atoms with Gasteiger partial charge in [0.05, 0.1) is 0 Å². The smallest absolute Gasteiger partial charge is 0.223 e. The lowest BCUT2D eigenvalue weighted by atomic mass is 10.4. The summed E-state index contributed by atoms with van der Waals surface area (Å²) in [6.45, 7) is 1.60. The van der Waals surface area contributed by atoms with E-state index >= 15 is 0 Å². The number of hydrogen-bond donors (Lipinski definition) is 1. The molecule has 18 heavy (non-hydrogen) atoms. The van der Waals surface area contributed by atoms with E-state index in [0.29, 0.717) is 6.42 Å². The van der Waals surface area contributed by atoms with Gasteiger partial charge in [-0.05, 0) is 31.3 Å². The number of halogens is 1. The van der Waals surface area contributed by atoms with Gasteiger partial charge < -0.3 is 10.2 Å². The first-order valence-electron chi connectivity index (χ1n) is 5.90. The summed E-state index contributed by atoms with van der Waals surface area (Å²) < 4.78 is 1.08. The van der Waals surface area contributed by atoms with Gasteiger partial charge in [0.1, 0.15) is 0 Å².